The van der Waals surface area contributed by atoms with Gasteiger partial charge in [-0.3, -0.25) is 0 Å². The highest BCUT2D eigenvalue weighted by Gasteiger charge is 2.20. The lowest BCUT2D eigenvalue weighted by atomic mass is 10.0. The molecule has 0 aliphatic carbocycles. The lowest BCUT2D eigenvalue weighted by Gasteiger charge is -2.27. The van der Waals surface area contributed by atoms with Crippen molar-refractivity contribution in [3.63, 3.8) is 0 Å². The van der Waals surface area contributed by atoms with Crippen molar-refractivity contribution in [3.8, 4) is 5.69 Å². The van der Waals surface area contributed by atoms with Gasteiger partial charge in [0.25, 0.3) is 0 Å². The molecular formula is C21H27N5. The molecule has 0 saturated heterocycles. The molecule has 0 bridgehead atoms. The molecule has 0 radical (unpaired) electrons. The molecule has 26 heavy (non-hydrogen) atoms. The second kappa shape index (κ2) is 8.25. The zero-order chi connectivity index (χ0) is 18.5. The van der Waals surface area contributed by atoms with Crippen LogP contribution in [0, 0.1) is 6.92 Å². The van der Waals surface area contributed by atoms with Gasteiger partial charge in [-0.05, 0) is 45.6 Å². The minimum absolute atomic E-state index is 0.107. The SMILES string of the molecule is Cc1cccc(C(CN(C)C)NC(C)c2cnnn2-c2ccccc2)c1. The monoisotopic (exact) mass is 349 g/mol. The number of hydrogen-bond acceptors (Lipinski definition) is 4. The normalized spacial score (nSPS) is 13.7. The van der Waals surface area contributed by atoms with Gasteiger partial charge in [0.05, 0.1) is 17.6 Å². The third-order valence-corrected chi connectivity index (χ3v) is 4.46. The van der Waals surface area contributed by atoms with Gasteiger partial charge in [0, 0.05) is 18.6 Å². The van der Waals surface area contributed by atoms with E-state index in [1.807, 2.05) is 41.2 Å². The number of para-hydroxylation sites is 1. The lowest BCUT2D eigenvalue weighted by molar-refractivity contribution is 0.322. The quantitative estimate of drug-likeness (QED) is 0.709. The van der Waals surface area contributed by atoms with E-state index in [9.17, 15) is 0 Å². The molecule has 0 fully saturated rings. The predicted octanol–water partition coefficient (Wildman–Crippen LogP) is 3.53. The number of nitrogens with zero attached hydrogens (tertiary/aromatic N) is 4. The van der Waals surface area contributed by atoms with Crippen molar-refractivity contribution >= 4 is 0 Å². The molecule has 0 aliphatic heterocycles. The number of rotatable bonds is 7. The molecule has 5 heteroatoms. The standard InChI is InChI=1S/C21H27N5/c1-16-9-8-10-18(13-16)20(15-25(3)4)23-17(2)21-14-22-24-26(21)19-11-6-5-7-12-19/h5-14,17,20,23H,15H2,1-4H3. The highest BCUT2D eigenvalue weighted by Crippen LogP contribution is 2.22. The third kappa shape index (κ3) is 4.36. The Morgan fingerprint density at radius 1 is 1.08 bits per heavy atom. The van der Waals surface area contributed by atoms with Crippen LogP contribution in [0.2, 0.25) is 0 Å². The first-order valence-electron chi connectivity index (χ1n) is 8.98. The molecule has 0 spiro atoms. The Hall–Kier alpha value is -2.50. The number of likely N-dealkylation sites (N-methyl/N-ethyl adjacent to an activating group) is 1. The van der Waals surface area contributed by atoms with Crippen LogP contribution in [0.4, 0.5) is 0 Å². The van der Waals surface area contributed by atoms with Crippen LogP contribution in [-0.4, -0.2) is 40.5 Å². The smallest absolute Gasteiger partial charge is 0.0812 e. The average Bonchev–Trinajstić information content (AvgIpc) is 3.11. The van der Waals surface area contributed by atoms with E-state index in [1.165, 1.54) is 11.1 Å². The Balaban J connectivity index is 1.85. The summed E-state index contributed by atoms with van der Waals surface area (Å²) < 4.78 is 1.90. The van der Waals surface area contributed by atoms with Gasteiger partial charge in [0.15, 0.2) is 0 Å². The summed E-state index contributed by atoms with van der Waals surface area (Å²) >= 11 is 0. The fourth-order valence-electron chi connectivity index (χ4n) is 3.20. The Kier molecular flexibility index (Phi) is 5.81. The second-order valence-corrected chi connectivity index (χ2v) is 7.02. The predicted molar refractivity (Wildman–Crippen MR) is 105 cm³/mol. The van der Waals surface area contributed by atoms with Gasteiger partial charge in [-0.25, -0.2) is 4.68 Å². The Morgan fingerprint density at radius 2 is 1.85 bits per heavy atom. The maximum absolute atomic E-state index is 4.28. The van der Waals surface area contributed by atoms with Gasteiger partial charge in [-0.1, -0.05) is 53.2 Å². The van der Waals surface area contributed by atoms with Crippen molar-refractivity contribution in [2.75, 3.05) is 20.6 Å². The summed E-state index contributed by atoms with van der Waals surface area (Å²) in [7, 11) is 4.20. The van der Waals surface area contributed by atoms with Crippen LogP contribution in [0.15, 0.2) is 60.8 Å². The fourth-order valence-corrected chi connectivity index (χ4v) is 3.20. The molecule has 5 nitrogen and oxygen atoms in total. The van der Waals surface area contributed by atoms with Gasteiger partial charge < -0.3 is 10.2 Å². The molecule has 2 unspecified atom stereocenters. The van der Waals surface area contributed by atoms with E-state index in [2.05, 4.69) is 72.7 Å². The first kappa shape index (κ1) is 18.3. The van der Waals surface area contributed by atoms with Crippen molar-refractivity contribution in [2.45, 2.75) is 25.9 Å². The van der Waals surface area contributed by atoms with E-state index in [0.29, 0.717) is 0 Å². The molecule has 1 heterocycles. The van der Waals surface area contributed by atoms with E-state index in [0.717, 1.165) is 17.9 Å². The first-order valence-corrected chi connectivity index (χ1v) is 8.98. The van der Waals surface area contributed by atoms with Gasteiger partial charge in [0.2, 0.25) is 0 Å². The first-order chi connectivity index (χ1) is 12.5. The molecule has 3 rings (SSSR count). The molecule has 0 saturated carbocycles. The summed E-state index contributed by atoms with van der Waals surface area (Å²) in [4.78, 5) is 2.21. The number of aryl methyl sites for hydroxylation is 1. The van der Waals surface area contributed by atoms with E-state index in [1.54, 1.807) is 0 Å². The molecule has 136 valence electrons. The van der Waals surface area contributed by atoms with Crippen molar-refractivity contribution in [1.29, 1.82) is 0 Å². The molecule has 2 atom stereocenters. The number of aromatic nitrogens is 3. The van der Waals surface area contributed by atoms with E-state index < -0.39 is 0 Å². The zero-order valence-electron chi connectivity index (χ0n) is 15.9. The second-order valence-electron chi connectivity index (χ2n) is 7.02. The number of benzene rings is 2. The Bertz CT molecular complexity index is 825. The van der Waals surface area contributed by atoms with Crippen LogP contribution in [0.5, 0.6) is 0 Å². The highest BCUT2D eigenvalue weighted by atomic mass is 15.4. The van der Waals surface area contributed by atoms with Crippen molar-refractivity contribution in [1.82, 2.24) is 25.2 Å². The zero-order valence-corrected chi connectivity index (χ0v) is 15.9. The summed E-state index contributed by atoms with van der Waals surface area (Å²) in [6.45, 7) is 5.21. The molecule has 0 aliphatic rings. The summed E-state index contributed by atoms with van der Waals surface area (Å²) in [6.07, 6.45) is 1.84. The lowest BCUT2D eigenvalue weighted by Crippen LogP contribution is -2.33. The largest absolute Gasteiger partial charge is 0.308 e. The molecule has 0 amide bonds. The highest BCUT2D eigenvalue weighted by molar-refractivity contribution is 5.32. The van der Waals surface area contributed by atoms with Crippen LogP contribution in [-0.2, 0) is 0 Å². The molecule has 3 aromatic rings. The van der Waals surface area contributed by atoms with Crippen LogP contribution < -0.4 is 5.32 Å². The van der Waals surface area contributed by atoms with Crippen LogP contribution in [0.3, 0.4) is 0 Å². The molecule has 2 aromatic carbocycles. The Morgan fingerprint density at radius 3 is 2.54 bits per heavy atom. The topological polar surface area (TPSA) is 46.0 Å². The minimum atomic E-state index is 0.107. The maximum Gasteiger partial charge on any atom is 0.0812 e. The van der Waals surface area contributed by atoms with Crippen LogP contribution >= 0.6 is 0 Å². The minimum Gasteiger partial charge on any atom is -0.308 e. The number of nitrogens with one attached hydrogen (secondary N) is 1. The molecule has 1 N–H and O–H groups in total. The summed E-state index contributed by atoms with van der Waals surface area (Å²) in [6, 6.07) is 19.1. The van der Waals surface area contributed by atoms with Gasteiger partial charge in [-0.15, -0.1) is 5.10 Å². The summed E-state index contributed by atoms with van der Waals surface area (Å²) in [5.74, 6) is 0. The average molecular weight is 349 g/mol. The Labute approximate surface area is 155 Å². The van der Waals surface area contributed by atoms with Crippen molar-refractivity contribution < 1.29 is 0 Å². The van der Waals surface area contributed by atoms with Gasteiger partial charge >= 0.3 is 0 Å². The van der Waals surface area contributed by atoms with E-state index in [-0.39, 0.29) is 12.1 Å². The van der Waals surface area contributed by atoms with Gasteiger partial charge in [-0.2, -0.15) is 0 Å². The summed E-state index contributed by atoms with van der Waals surface area (Å²) in [5.41, 5.74) is 4.64. The summed E-state index contributed by atoms with van der Waals surface area (Å²) in [5, 5.41) is 12.2. The fraction of sp³-hybridized carbons (Fsp3) is 0.333. The number of hydrogen-bond donors (Lipinski definition) is 1. The maximum atomic E-state index is 4.28. The van der Waals surface area contributed by atoms with Crippen LogP contribution in [0.25, 0.3) is 5.69 Å². The molecular weight excluding hydrogens is 322 g/mol. The van der Waals surface area contributed by atoms with Gasteiger partial charge in [0.1, 0.15) is 0 Å². The molecule has 1 aromatic heterocycles. The van der Waals surface area contributed by atoms with Crippen LogP contribution in [0.1, 0.15) is 35.8 Å². The van der Waals surface area contributed by atoms with E-state index >= 15 is 0 Å². The van der Waals surface area contributed by atoms with Crippen molar-refractivity contribution in [3.05, 3.63) is 77.6 Å². The van der Waals surface area contributed by atoms with E-state index in [4.69, 9.17) is 0 Å². The third-order valence-electron chi connectivity index (χ3n) is 4.46. The van der Waals surface area contributed by atoms with Crippen molar-refractivity contribution in [2.24, 2.45) is 0 Å².